The normalized spacial score (nSPS) is 12.5. The largest absolute Gasteiger partial charge is 0.504 e. The van der Waals surface area contributed by atoms with Crippen LogP contribution >= 0.6 is 0 Å². The summed E-state index contributed by atoms with van der Waals surface area (Å²) in [5.74, 6) is -6.68. The molecule has 5 amide bonds. The summed E-state index contributed by atoms with van der Waals surface area (Å²) >= 11 is 0. The third-order valence-electron chi connectivity index (χ3n) is 9.08. The van der Waals surface area contributed by atoms with E-state index in [9.17, 15) is 54.3 Å². The molecule has 1 heterocycles. The van der Waals surface area contributed by atoms with E-state index in [1.54, 1.807) is 6.20 Å². The summed E-state index contributed by atoms with van der Waals surface area (Å²) in [7, 11) is 0. The standard InChI is InChI=1S/C39H47N7O11/c40-26(12-3-5-17-41-32(49)21-44-36(53)25-11-8-16-31(48)34(25)51)37(54)45-28(14-4-6-18-42-35(52)24-10-7-15-30(47)33(24)50)38(55)46-29(39(56)57)19-22-20-43-27-13-2-1-9-23(22)27/h1-2,7-11,13,15-16,20,26,28-29,43,47-48,50-51H,3-6,12,14,17-19,21,40H2,(H,41,49)(H,42,52)(H,44,53)(H,45,54)(H,46,55)(H,56,57). The lowest BCUT2D eigenvalue weighted by molar-refractivity contribution is -0.142. The second-order valence-corrected chi connectivity index (χ2v) is 13.3. The van der Waals surface area contributed by atoms with Gasteiger partial charge in [-0.3, -0.25) is 24.0 Å². The number of aliphatic carboxylic acids is 1. The molecule has 3 atom stereocenters. The molecular weight excluding hydrogens is 742 g/mol. The van der Waals surface area contributed by atoms with Crippen molar-refractivity contribution >= 4 is 46.4 Å². The van der Waals surface area contributed by atoms with Crippen molar-refractivity contribution in [1.82, 2.24) is 31.6 Å². The molecule has 0 bridgehead atoms. The Hall–Kier alpha value is -6.82. The van der Waals surface area contributed by atoms with Crippen LogP contribution in [-0.2, 0) is 25.6 Å². The number of carboxylic acid groups (broad SMARTS) is 1. The average molecular weight is 790 g/mol. The van der Waals surface area contributed by atoms with Crippen LogP contribution in [0.15, 0.2) is 66.9 Å². The van der Waals surface area contributed by atoms with Gasteiger partial charge >= 0.3 is 5.97 Å². The molecule has 1 aromatic heterocycles. The quantitative estimate of drug-likeness (QED) is 0.0419. The maximum Gasteiger partial charge on any atom is 0.326 e. The zero-order valence-electron chi connectivity index (χ0n) is 30.9. The van der Waals surface area contributed by atoms with Gasteiger partial charge in [0.2, 0.25) is 17.7 Å². The highest BCUT2D eigenvalue weighted by Crippen LogP contribution is 2.29. The first-order valence-electron chi connectivity index (χ1n) is 18.3. The molecule has 13 N–H and O–H groups in total. The van der Waals surface area contributed by atoms with Crippen LogP contribution in [0.1, 0.15) is 64.8 Å². The summed E-state index contributed by atoms with van der Waals surface area (Å²) in [5, 5.41) is 62.6. The molecule has 0 saturated carbocycles. The summed E-state index contributed by atoms with van der Waals surface area (Å²) < 4.78 is 0. The monoisotopic (exact) mass is 789 g/mol. The van der Waals surface area contributed by atoms with E-state index in [0.29, 0.717) is 31.2 Å². The number of nitrogens with two attached hydrogens (primary N) is 1. The maximum absolute atomic E-state index is 13.6. The van der Waals surface area contributed by atoms with Crippen molar-refractivity contribution in [2.45, 2.75) is 63.1 Å². The molecule has 0 aliphatic rings. The molecule has 0 aliphatic carbocycles. The van der Waals surface area contributed by atoms with Crippen LogP contribution < -0.4 is 32.3 Å². The molecule has 0 spiro atoms. The van der Waals surface area contributed by atoms with Gasteiger partial charge in [-0.25, -0.2) is 4.79 Å². The van der Waals surface area contributed by atoms with Crippen LogP contribution in [0.25, 0.3) is 10.9 Å². The average Bonchev–Trinajstić information content (AvgIpc) is 3.60. The van der Waals surface area contributed by atoms with Gasteiger partial charge in [-0.05, 0) is 74.4 Å². The number of unbranched alkanes of at least 4 members (excludes halogenated alkanes) is 2. The lowest BCUT2D eigenvalue weighted by Gasteiger charge is -2.23. The van der Waals surface area contributed by atoms with Crippen LogP contribution in [0, 0.1) is 0 Å². The molecule has 4 rings (SSSR count). The Labute approximate surface area is 326 Å². The number of fused-ring (bicyclic) bond motifs is 1. The Morgan fingerprint density at radius 1 is 0.649 bits per heavy atom. The topological polar surface area (TPSA) is 306 Å². The lowest BCUT2D eigenvalue weighted by atomic mass is 10.0. The van der Waals surface area contributed by atoms with E-state index in [4.69, 9.17) is 5.73 Å². The van der Waals surface area contributed by atoms with Gasteiger partial charge in [-0.1, -0.05) is 30.3 Å². The number of aromatic hydroxyl groups is 4. The number of hydrogen-bond donors (Lipinski definition) is 12. The summed E-state index contributed by atoms with van der Waals surface area (Å²) in [6.07, 6.45) is 3.32. The molecule has 304 valence electrons. The number of amides is 5. The Morgan fingerprint density at radius 2 is 1.23 bits per heavy atom. The van der Waals surface area contributed by atoms with Crippen molar-refractivity contribution in [3.8, 4) is 23.0 Å². The van der Waals surface area contributed by atoms with Crippen LogP contribution in [-0.4, -0.2) is 104 Å². The van der Waals surface area contributed by atoms with Gasteiger partial charge in [-0.2, -0.15) is 0 Å². The number of nitrogens with one attached hydrogen (secondary N) is 6. The van der Waals surface area contributed by atoms with Gasteiger partial charge in [0.25, 0.3) is 11.8 Å². The van der Waals surface area contributed by atoms with Gasteiger partial charge < -0.3 is 62.8 Å². The Morgan fingerprint density at radius 3 is 1.88 bits per heavy atom. The molecule has 57 heavy (non-hydrogen) atoms. The van der Waals surface area contributed by atoms with E-state index < -0.39 is 83.2 Å². The van der Waals surface area contributed by atoms with Crippen LogP contribution in [0.4, 0.5) is 0 Å². The zero-order valence-corrected chi connectivity index (χ0v) is 30.9. The van der Waals surface area contributed by atoms with Crippen molar-refractivity contribution in [2.75, 3.05) is 19.6 Å². The second-order valence-electron chi connectivity index (χ2n) is 13.3. The summed E-state index contributed by atoms with van der Waals surface area (Å²) in [5.41, 5.74) is 7.30. The molecule has 3 unspecified atom stereocenters. The number of rotatable bonds is 21. The lowest BCUT2D eigenvalue weighted by Crippen LogP contribution is -2.54. The van der Waals surface area contributed by atoms with E-state index in [0.717, 1.165) is 10.9 Å². The van der Waals surface area contributed by atoms with Crippen molar-refractivity contribution in [1.29, 1.82) is 0 Å². The van der Waals surface area contributed by atoms with Gasteiger partial charge in [-0.15, -0.1) is 0 Å². The summed E-state index contributed by atoms with van der Waals surface area (Å²) in [6, 6.07) is 11.6. The molecule has 0 radical (unpaired) electrons. The SMILES string of the molecule is NC(CCCCNC(=O)CNC(=O)c1cccc(O)c1O)C(=O)NC(CCCCNC(=O)c1cccc(O)c1O)C(=O)NC(Cc1c[nH]c2ccccc12)C(=O)O. The minimum absolute atomic E-state index is 0.0384. The Bertz CT molecular complexity index is 2070. The number of carbonyl (C=O) groups excluding carboxylic acids is 5. The minimum Gasteiger partial charge on any atom is -0.504 e. The molecule has 0 aliphatic heterocycles. The van der Waals surface area contributed by atoms with Crippen molar-refractivity contribution < 1.29 is 54.3 Å². The van der Waals surface area contributed by atoms with Gasteiger partial charge in [0, 0.05) is 36.6 Å². The third kappa shape index (κ3) is 12.3. The van der Waals surface area contributed by atoms with Crippen LogP contribution in [0.5, 0.6) is 23.0 Å². The molecule has 18 nitrogen and oxygen atoms in total. The molecule has 0 saturated heterocycles. The van der Waals surface area contributed by atoms with E-state index in [-0.39, 0.29) is 43.5 Å². The zero-order chi connectivity index (χ0) is 41.5. The van der Waals surface area contributed by atoms with E-state index >= 15 is 0 Å². The number of aromatic nitrogens is 1. The number of benzene rings is 3. The maximum atomic E-state index is 13.6. The smallest absolute Gasteiger partial charge is 0.326 e. The highest BCUT2D eigenvalue weighted by Gasteiger charge is 2.28. The number of aromatic amines is 1. The van der Waals surface area contributed by atoms with Crippen molar-refractivity contribution in [2.24, 2.45) is 5.73 Å². The molecular formula is C39H47N7O11. The van der Waals surface area contributed by atoms with Crippen LogP contribution in [0.3, 0.4) is 0 Å². The second kappa shape index (κ2) is 20.7. The van der Waals surface area contributed by atoms with Crippen molar-refractivity contribution in [3.05, 3.63) is 83.6 Å². The number of phenolic OH excluding ortho intramolecular Hbond substituents is 4. The fraction of sp³-hybridized carbons (Fsp3) is 0.333. The summed E-state index contributed by atoms with van der Waals surface area (Å²) in [6.45, 7) is -0.0739. The summed E-state index contributed by atoms with van der Waals surface area (Å²) in [4.78, 5) is 79.0. The third-order valence-corrected chi connectivity index (χ3v) is 9.08. The molecule has 0 fully saturated rings. The van der Waals surface area contributed by atoms with E-state index in [1.165, 1.54) is 36.4 Å². The van der Waals surface area contributed by atoms with E-state index in [2.05, 4.69) is 31.6 Å². The number of hydrogen-bond acceptors (Lipinski definition) is 11. The first-order chi connectivity index (χ1) is 27.3. The fourth-order valence-corrected chi connectivity index (χ4v) is 5.91. The highest BCUT2D eigenvalue weighted by molar-refractivity contribution is 5.99. The predicted octanol–water partition coefficient (Wildman–Crippen LogP) is 1.23. The number of carboxylic acids is 1. The van der Waals surface area contributed by atoms with Gasteiger partial charge in [0.15, 0.2) is 23.0 Å². The first kappa shape index (κ1) is 42.9. The molecule has 18 heteroatoms. The number of H-pyrrole nitrogens is 1. The van der Waals surface area contributed by atoms with E-state index in [1.807, 2.05) is 24.3 Å². The number of para-hydroxylation sites is 3. The highest BCUT2D eigenvalue weighted by atomic mass is 16.4. The van der Waals surface area contributed by atoms with Crippen LogP contribution in [0.2, 0.25) is 0 Å². The number of phenols is 4. The Balaban J connectivity index is 1.28. The van der Waals surface area contributed by atoms with Gasteiger partial charge in [0.05, 0.1) is 23.7 Å². The minimum atomic E-state index is -1.33. The molecule has 3 aromatic carbocycles. The fourth-order valence-electron chi connectivity index (χ4n) is 5.91. The first-order valence-corrected chi connectivity index (χ1v) is 18.3. The van der Waals surface area contributed by atoms with Crippen molar-refractivity contribution in [3.63, 3.8) is 0 Å². The van der Waals surface area contributed by atoms with Gasteiger partial charge in [0.1, 0.15) is 12.1 Å². The predicted molar refractivity (Wildman–Crippen MR) is 206 cm³/mol. The number of carbonyl (C=O) groups is 6. The Kier molecular flexibility index (Phi) is 15.6. The molecule has 4 aromatic rings.